The molecule has 1 unspecified atom stereocenters. The summed E-state index contributed by atoms with van der Waals surface area (Å²) in [5, 5.41) is 7.28. The number of anilines is 6. The van der Waals surface area contributed by atoms with Crippen LogP contribution in [0.5, 0.6) is 11.5 Å². The number of allylic oxidation sites excluding steroid dienone is 8. The number of hydrogen-bond donors (Lipinski definition) is 2. The molecule has 0 saturated heterocycles. The van der Waals surface area contributed by atoms with E-state index in [9.17, 15) is 2.74 Å². The van der Waals surface area contributed by atoms with Crippen LogP contribution in [0.4, 0.5) is 34.1 Å². The highest BCUT2D eigenvalue weighted by Crippen LogP contribution is 2.51. The largest absolute Gasteiger partial charge is 0.457 e. The third-order valence-corrected chi connectivity index (χ3v) is 14.8. The molecule has 1 aromatic heterocycles. The summed E-state index contributed by atoms with van der Waals surface area (Å²) in [7, 11) is 6.11. The second-order valence-corrected chi connectivity index (χ2v) is 20.3. The highest BCUT2D eigenvalue weighted by Gasteiger charge is 2.35. The molecule has 382 valence electrons. The third kappa shape index (κ3) is 9.31. The van der Waals surface area contributed by atoms with E-state index >= 15 is 0 Å². The van der Waals surface area contributed by atoms with Crippen molar-refractivity contribution in [3.05, 3.63) is 253 Å². The Balaban J connectivity index is 1.05. The van der Waals surface area contributed by atoms with Crippen molar-refractivity contribution >= 4 is 81.4 Å². The van der Waals surface area contributed by atoms with Crippen LogP contribution in [0.1, 0.15) is 77.7 Å². The number of hydrogen-bond acceptors (Lipinski definition) is 7. The lowest BCUT2D eigenvalue weighted by Gasteiger charge is -2.30. The molecule has 2 N–H and O–H groups in total. The van der Waals surface area contributed by atoms with Crippen LogP contribution in [0.15, 0.2) is 231 Å². The highest BCUT2D eigenvalue weighted by molar-refractivity contribution is 6.67. The van der Waals surface area contributed by atoms with Crippen molar-refractivity contribution in [3.8, 4) is 22.6 Å². The fourth-order valence-electron chi connectivity index (χ4n) is 11.3. The summed E-state index contributed by atoms with van der Waals surface area (Å²) in [5.41, 5.74) is 14.3. The van der Waals surface area contributed by atoms with E-state index in [-0.39, 0.29) is 40.9 Å². The monoisotopic (exact) mass is 1020 g/mol. The molecule has 8 aromatic rings. The van der Waals surface area contributed by atoms with E-state index in [0.717, 1.165) is 55.9 Å². The highest BCUT2D eigenvalue weighted by atomic mass is 16.5. The van der Waals surface area contributed by atoms with Gasteiger partial charge in [-0.3, -0.25) is 0 Å². The SMILES string of the molecule is [2H]c1c([2H])c([2H])c2c(c1[2H])c1ccc(Oc3cc(-c4c(C(C)C)cccc4C(C)C)cc(N4CN(c5c(/C6=C/C=C\N/C=C\C=C/[B]6)cccc5/C5=C/C=C\N/C=C\C=C/[B]5)c5ccccc54)c3)cc1n2C1N(C)c2ccccc2N1C([2H])([2H])[2H]. The van der Waals surface area contributed by atoms with Crippen LogP contribution in [-0.2, 0) is 0 Å². The first kappa shape index (κ1) is 42.1. The maximum atomic E-state index is 9.41. The van der Waals surface area contributed by atoms with Crippen molar-refractivity contribution in [2.75, 3.05) is 40.3 Å². The van der Waals surface area contributed by atoms with Gasteiger partial charge in [0.05, 0.1) is 45.0 Å². The van der Waals surface area contributed by atoms with Crippen molar-refractivity contribution in [3.63, 3.8) is 0 Å². The Morgan fingerprint density at radius 3 is 1.83 bits per heavy atom. The quantitative estimate of drug-likeness (QED) is 0.132. The van der Waals surface area contributed by atoms with Gasteiger partial charge in [0.1, 0.15) is 18.2 Å². The van der Waals surface area contributed by atoms with E-state index in [1.165, 1.54) is 16.0 Å². The molecule has 4 aliphatic rings. The molecule has 0 spiro atoms. The van der Waals surface area contributed by atoms with Crippen molar-refractivity contribution in [1.29, 1.82) is 0 Å². The first-order chi connectivity index (χ1) is 41.1. The second kappa shape index (κ2) is 21.5. The Bertz CT molecular complexity index is 4120. The fraction of sp³-hybridized carbons (Fsp3) is 0.147. The van der Waals surface area contributed by atoms with E-state index in [1.807, 2.05) is 104 Å². The number of para-hydroxylation sites is 6. The molecule has 5 heterocycles. The minimum atomic E-state index is -2.65. The first-order valence-corrected chi connectivity index (χ1v) is 26.6. The third-order valence-electron chi connectivity index (χ3n) is 14.8. The minimum absolute atomic E-state index is 0.184. The standard InChI is InChI=1S/C68H63B2N7O/c1-46(2)52-22-17-23-53(47(3)4)66(52)48-41-49(43-51(42-48)78-50-33-34-55-54-21-7-8-28-60(54)77(65(55)44-50)68-73(5)61-29-9-10-30-62(61)74(68)6)75-45-76(64-32-12-11-31-63(64)75)67-56(58-26-19-39-71-37-15-13-35-69-58)24-18-25-57(67)59-27-20-40-72-38-16-14-36-70-59/h7-44,46-47,68,71-72H,45H2,1-6H3/b35-13-,36-14-,37-15-,38-16-,39-19-,40-20-,58-26-,59-27-/i5D3,7D,8D,21D,28D. The average molecular weight is 1020 g/mol. The zero-order valence-corrected chi connectivity index (χ0v) is 44.4. The molecule has 0 fully saturated rings. The van der Waals surface area contributed by atoms with Crippen LogP contribution < -0.4 is 35.0 Å². The van der Waals surface area contributed by atoms with Gasteiger partial charge < -0.3 is 39.5 Å². The van der Waals surface area contributed by atoms with E-state index in [4.69, 9.17) is 11.6 Å². The summed E-state index contributed by atoms with van der Waals surface area (Å²) in [6.07, 6.45) is 22.9. The van der Waals surface area contributed by atoms with Gasteiger partial charge in [0, 0.05) is 71.5 Å². The molecule has 10 heteroatoms. The number of rotatable bonds is 10. The molecule has 0 aliphatic carbocycles. The van der Waals surface area contributed by atoms with Crippen LogP contribution in [0.2, 0.25) is 0 Å². The van der Waals surface area contributed by atoms with Gasteiger partial charge in [-0.25, -0.2) is 0 Å². The lowest BCUT2D eigenvalue weighted by molar-refractivity contribution is 0.482. The first-order valence-electron chi connectivity index (χ1n) is 30.1. The summed E-state index contributed by atoms with van der Waals surface area (Å²) < 4.78 is 72.1. The zero-order chi connectivity index (χ0) is 59.3. The number of nitrogens with zero attached hydrogens (tertiary/aromatic N) is 5. The lowest BCUT2D eigenvalue weighted by atomic mass is 9.63. The Morgan fingerprint density at radius 2 is 1.18 bits per heavy atom. The molecule has 4 aliphatic heterocycles. The van der Waals surface area contributed by atoms with Crippen LogP contribution in [-0.4, -0.2) is 39.8 Å². The van der Waals surface area contributed by atoms with E-state index < -0.39 is 19.3 Å². The van der Waals surface area contributed by atoms with Gasteiger partial charge in [-0.1, -0.05) is 142 Å². The van der Waals surface area contributed by atoms with Gasteiger partial charge in [0.2, 0.25) is 0 Å². The molecule has 1 atom stereocenters. The lowest BCUT2D eigenvalue weighted by Crippen LogP contribution is -2.35. The summed E-state index contributed by atoms with van der Waals surface area (Å²) in [4.78, 5) is 7.95. The van der Waals surface area contributed by atoms with Gasteiger partial charge in [-0.15, -0.1) is 12.0 Å². The van der Waals surface area contributed by atoms with Gasteiger partial charge in [-0.2, -0.15) is 0 Å². The molecule has 0 bridgehead atoms. The van der Waals surface area contributed by atoms with Gasteiger partial charge in [-0.05, 0) is 124 Å². The number of ether oxygens (including phenoxy) is 1. The van der Waals surface area contributed by atoms with Crippen LogP contribution in [0.25, 0.3) is 43.9 Å². The van der Waals surface area contributed by atoms with E-state index in [0.29, 0.717) is 40.4 Å². The fourth-order valence-corrected chi connectivity index (χ4v) is 11.3. The van der Waals surface area contributed by atoms with Crippen molar-refractivity contribution in [1.82, 2.24) is 15.2 Å². The predicted molar refractivity (Wildman–Crippen MR) is 332 cm³/mol. The summed E-state index contributed by atoms with van der Waals surface area (Å²) >= 11 is 0. The van der Waals surface area contributed by atoms with Crippen LogP contribution >= 0.6 is 0 Å². The summed E-state index contributed by atoms with van der Waals surface area (Å²) in [6.45, 7) is 6.67. The van der Waals surface area contributed by atoms with Crippen LogP contribution in [0, 0.1) is 0 Å². The number of nitrogens with one attached hydrogen (secondary N) is 2. The molecule has 0 amide bonds. The Hall–Kier alpha value is -9.01. The molecular weight excluding hydrogens is 952 g/mol. The molecule has 0 saturated carbocycles. The predicted octanol–water partition coefficient (Wildman–Crippen LogP) is 16.2. The zero-order valence-electron chi connectivity index (χ0n) is 51.4. The van der Waals surface area contributed by atoms with Gasteiger partial charge in [0.15, 0.2) is 20.8 Å². The van der Waals surface area contributed by atoms with Crippen LogP contribution in [0.3, 0.4) is 0 Å². The molecular formula is C68H63B2N7O. The Morgan fingerprint density at radius 1 is 0.577 bits per heavy atom. The van der Waals surface area contributed by atoms with Gasteiger partial charge in [0.25, 0.3) is 0 Å². The van der Waals surface area contributed by atoms with Crippen molar-refractivity contribution in [2.45, 2.75) is 45.8 Å². The molecule has 2 radical (unpaired) electrons. The number of fused-ring (bicyclic) bond motifs is 5. The Kier molecular flexibility index (Phi) is 11.6. The summed E-state index contributed by atoms with van der Waals surface area (Å²) in [6, 6.07) is 39.5. The minimum Gasteiger partial charge on any atom is -0.457 e. The van der Waals surface area contributed by atoms with Crippen molar-refractivity contribution < 1.29 is 14.3 Å². The van der Waals surface area contributed by atoms with Gasteiger partial charge >= 0.3 is 0 Å². The number of benzene rings is 7. The molecule has 12 rings (SSSR count). The smallest absolute Gasteiger partial charge is 0.185 e. The van der Waals surface area contributed by atoms with E-state index in [1.54, 1.807) is 16.7 Å². The second-order valence-electron chi connectivity index (χ2n) is 20.3. The molecule has 7 aromatic carbocycles. The normalized spacial score (nSPS) is 21.3. The average Bonchev–Trinajstić information content (AvgIpc) is 1.70. The summed E-state index contributed by atoms with van der Waals surface area (Å²) in [5.74, 6) is 5.46. The van der Waals surface area contributed by atoms with E-state index in [2.05, 4.69) is 166 Å². The Labute approximate surface area is 471 Å². The van der Waals surface area contributed by atoms with Crippen molar-refractivity contribution in [2.24, 2.45) is 0 Å². The maximum absolute atomic E-state index is 9.41. The maximum Gasteiger partial charge on any atom is 0.185 e. The topological polar surface area (TPSA) is 51.2 Å². The number of aromatic nitrogens is 1. The molecule has 8 nitrogen and oxygen atoms in total. The molecule has 78 heavy (non-hydrogen) atoms.